The summed E-state index contributed by atoms with van der Waals surface area (Å²) in [5, 5.41) is 4.21. The zero-order valence-corrected chi connectivity index (χ0v) is 10.8. The highest BCUT2D eigenvalue weighted by Crippen LogP contribution is 2.22. The van der Waals surface area contributed by atoms with E-state index < -0.39 is 0 Å². The minimum absolute atomic E-state index is 0.437. The van der Waals surface area contributed by atoms with Crippen LogP contribution in [0, 0.1) is 0 Å². The van der Waals surface area contributed by atoms with Crippen molar-refractivity contribution in [2.24, 2.45) is 0 Å². The summed E-state index contributed by atoms with van der Waals surface area (Å²) in [5.41, 5.74) is 1.09. The zero-order valence-electron chi connectivity index (χ0n) is 10.0. The number of hydrogen-bond donors (Lipinski definition) is 1. The minimum atomic E-state index is 0.437. The summed E-state index contributed by atoms with van der Waals surface area (Å²) in [7, 11) is 1.68. The average molecular weight is 256 g/mol. The monoisotopic (exact) mass is 255 g/mol. The second-order valence-corrected chi connectivity index (χ2v) is 4.69. The lowest BCUT2D eigenvalue weighted by molar-refractivity contribution is 0.0699. The molecule has 1 fully saturated rings. The first-order valence-electron chi connectivity index (χ1n) is 5.93. The number of benzene rings is 1. The number of nitrogens with one attached hydrogen (secondary N) is 1. The molecule has 1 aromatic rings. The first kappa shape index (κ1) is 12.7. The van der Waals surface area contributed by atoms with Crippen molar-refractivity contribution in [2.45, 2.75) is 25.4 Å². The first-order chi connectivity index (χ1) is 8.29. The summed E-state index contributed by atoms with van der Waals surface area (Å²) in [5.74, 6) is 0.874. The predicted octanol–water partition coefficient (Wildman–Crippen LogP) is 2.62. The molecule has 1 heterocycles. The van der Waals surface area contributed by atoms with Crippen LogP contribution in [-0.4, -0.2) is 26.4 Å². The topological polar surface area (TPSA) is 30.5 Å². The van der Waals surface area contributed by atoms with Crippen LogP contribution in [0.5, 0.6) is 5.75 Å². The quantitative estimate of drug-likeness (QED) is 0.897. The van der Waals surface area contributed by atoms with Crippen molar-refractivity contribution in [3.8, 4) is 5.75 Å². The van der Waals surface area contributed by atoms with Gasteiger partial charge in [0, 0.05) is 29.8 Å². The predicted molar refractivity (Wildman–Crippen MR) is 68.7 cm³/mol. The number of hydrogen-bond acceptors (Lipinski definition) is 3. The van der Waals surface area contributed by atoms with Gasteiger partial charge in [-0.1, -0.05) is 11.6 Å². The van der Waals surface area contributed by atoms with Gasteiger partial charge in [0.15, 0.2) is 0 Å². The minimum Gasteiger partial charge on any atom is -0.496 e. The summed E-state index contributed by atoms with van der Waals surface area (Å²) in [4.78, 5) is 0. The van der Waals surface area contributed by atoms with Crippen LogP contribution in [0.4, 0.5) is 0 Å². The molecule has 0 radical (unpaired) electrons. The van der Waals surface area contributed by atoms with Gasteiger partial charge in [0.1, 0.15) is 5.75 Å². The third-order valence-corrected chi connectivity index (χ3v) is 3.22. The molecule has 0 aromatic heterocycles. The highest BCUT2D eigenvalue weighted by molar-refractivity contribution is 6.30. The second-order valence-electron chi connectivity index (χ2n) is 4.25. The van der Waals surface area contributed by atoms with Crippen LogP contribution < -0.4 is 10.1 Å². The van der Waals surface area contributed by atoms with E-state index in [1.54, 1.807) is 7.11 Å². The van der Waals surface area contributed by atoms with Crippen LogP contribution in [-0.2, 0) is 11.3 Å². The molecule has 0 amide bonds. The average Bonchev–Trinajstić information content (AvgIpc) is 2.38. The molecule has 1 aromatic carbocycles. The lowest BCUT2D eigenvalue weighted by Gasteiger charge is -2.23. The summed E-state index contributed by atoms with van der Waals surface area (Å²) in [6.07, 6.45) is 2.30. The van der Waals surface area contributed by atoms with Gasteiger partial charge in [0.05, 0.1) is 13.7 Å². The van der Waals surface area contributed by atoms with Crippen molar-refractivity contribution in [1.82, 2.24) is 5.32 Å². The van der Waals surface area contributed by atoms with E-state index in [0.717, 1.165) is 42.5 Å². The van der Waals surface area contributed by atoms with Gasteiger partial charge in [-0.05, 0) is 31.0 Å². The maximum atomic E-state index is 5.99. The van der Waals surface area contributed by atoms with Crippen molar-refractivity contribution in [3.63, 3.8) is 0 Å². The van der Waals surface area contributed by atoms with Crippen molar-refractivity contribution < 1.29 is 9.47 Å². The van der Waals surface area contributed by atoms with Crippen LogP contribution >= 0.6 is 11.6 Å². The molecule has 1 atom stereocenters. The maximum absolute atomic E-state index is 5.99. The Morgan fingerprint density at radius 2 is 2.41 bits per heavy atom. The van der Waals surface area contributed by atoms with Crippen LogP contribution in [0.3, 0.4) is 0 Å². The van der Waals surface area contributed by atoms with Gasteiger partial charge >= 0.3 is 0 Å². The van der Waals surface area contributed by atoms with Gasteiger partial charge in [0.2, 0.25) is 0 Å². The van der Waals surface area contributed by atoms with E-state index in [-0.39, 0.29) is 0 Å². The molecule has 0 bridgehead atoms. The third-order valence-electron chi connectivity index (χ3n) is 2.98. The van der Waals surface area contributed by atoms with E-state index in [4.69, 9.17) is 21.1 Å². The van der Waals surface area contributed by atoms with Gasteiger partial charge in [-0.25, -0.2) is 0 Å². The molecule has 1 saturated heterocycles. The first-order valence-corrected chi connectivity index (χ1v) is 6.31. The molecule has 17 heavy (non-hydrogen) atoms. The fourth-order valence-corrected chi connectivity index (χ4v) is 2.24. The standard InChI is InChI=1S/C13H18ClNO2/c1-16-13-5-4-11(14)7-10(13)8-15-12-3-2-6-17-9-12/h4-5,7,12,15H,2-3,6,8-9H2,1H3. The van der Waals surface area contributed by atoms with Gasteiger partial charge in [0.25, 0.3) is 0 Å². The van der Waals surface area contributed by atoms with E-state index in [0.29, 0.717) is 6.04 Å². The Labute approximate surface area is 107 Å². The van der Waals surface area contributed by atoms with Crippen molar-refractivity contribution in [1.29, 1.82) is 0 Å². The van der Waals surface area contributed by atoms with E-state index in [2.05, 4.69) is 5.32 Å². The SMILES string of the molecule is COc1ccc(Cl)cc1CNC1CCCOC1. The van der Waals surface area contributed by atoms with Gasteiger partial charge < -0.3 is 14.8 Å². The number of halogens is 1. The van der Waals surface area contributed by atoms with E-state index in [1.807, 2.05) is 18.2 Å². The largest absolute Gasteiger partial charge is 0.496 e. The van der Waals surface area contributed by atoms with Crippen molar-refractivity contribution in [3.05, 3.63) is 28.8 Å². The van der Waals surface area contributed by atoms with E-state index in [9.17, 15) is 0 Å². The fraction of sp³-hybridized carbons (Fsp3) is 0.538. The second kappa shape index (κ2) is 6.24. The third kappa shape index (κ3) is 3.60. The summed E-state index contributed by atoms with van der Waals surface area (Å²) >= 11 is 5.99. The van der Waals surface area contributed by atoms with Crippen LogP contribution in [0.2, 0.25) is 5.02 Å². The molecule has 0 aliphatic carbocycles. The number of methoxy groups -OCH3 is 1. The molecule has 0 spiro atoms. The lowest BCUT2D eigenvalue weighted by Crippen LogP contribution is -2.36. The number of ether oxygens (including phenoxy) is 2. The Balaban J connectivity index is 1.95. The molecular formula is C13H18ClNO2. The summed E-state index contributed by atoms with van der Waals surface area (Å²) < 4.78 is 10.7. The Hall–Kier alpha value is -0.770. The van der Waals surface area contributed by atoms with E-state index in [1.165, 1.54) is 6.42 Å². The van der Waals surface area contributed by atoms with Crippen molar-refractivity contribution >= 4 is 11.6 Å². The van der Waals surface area contributed by atoms with Gasteiger partial charge in [-0.2, -0.15) is 0 Å². The molecule has 1 unspecified atom stereocenters. The van der Waals surface area contributed by atoms with E-state index >= 15 is 0 Å². The molecule has 4 heteroatoms. The molecule has 1 aliphatic rings. The maximum Gasteiger partial charge on any atom is 0.123 e. The molecule has 94 valence electrons. The Morgan fingerprint density at radius 1 is 1.53 bits per heavy atom. The smallest absolute Gasteiger partial charge is 0.123 e. The molecule has 1 aliphatic heterocycles. The highest BCUT2D eigenvalue weighted by Gasteiger charge is 2.13. The molecule has 3 nitrogen and oxygen atoms in total. The summed E-state index contributed by atoms with van der Waals surface area (Å²) in [6, 6.07) is 6.12. The Bertz CT molecular complexity index is 364. The number of rotatable bonds is 4. The van der Waals surface area contributed by atoms with Crippen LogP contribution in [0.25, 0.3) is 0 Å². The van der Waals surface area contributed by atoms with Crippen LogP contribution in [0.1, 0.15) is 18.4 Å². The highest BCUT2D eigenvalue weighted by atomic mass is 35.5. The molecule has 0 saturated carbocycles. The zero-order chi connectivity index (χ0) is 12.1. The summed E-state index contributed by atoms with van der Waals surface area (Å²) in [6.45, 7) is 2.44. The van der Waals surface area contributed by atoms with Crippen LogP contribution in [0.15, 0.2) is 18.2 Å². The lowest BCUT2D eigenvalue weighted by atomic mass is 10.1. The Kier molecular flexibility index (Phi) is 4.66. The molecule has 2 rings (SSSR count). The van der Waals surface area contributed by atoms with Gasteiger partial charge in [-0.3, -0.25) is 0 Å². The molecule has 1 N–H and O–H groups in total. The normalized spacial score (nSPS) is 20.2. The Morgan fingerprint density at radius 3 is 3.12 bits per heavy atom. The van der Waals surface area contributed by atoms with Gasteiger partial charge in [-0.15, -0.1) is 0 Å². The molecular weight excluding hydrogens is 238 g/mol. The van der Waals surface area contributed by atoms with Crippen molar-refractivity contribution in [2.75, 3.05) is 20.3 Å². The fourth-order valence-electron chi connectivity index (χ4n) is 2.04.